The molecule has 0 bridgehead atoms. The molecule has 0 saturated carbocycles. The Bertz CT molecular complexity index is 986. The monoisotopic (exact) mass is 511 g/mol. The van der Waals surface area contributed by atoms with Crippen molar-refractivity contribution in [2.45, 2.75) is 55.9 Å². The predicted octanol–water partition coefficient (Wildman–Crippen LogP) is 4.80. The van der Waals surface area contributed by atoms with Crippen LogP contribution in [0.15, 0.2) is 72.9 Å². The van der Waals surface area contributed by atoms with Crippen LogP contribution < -0.4 is 9.80 Å². The molecule has 2 saturated heterocycles. The highest BCUT2D eigenvalue weighted by molar-refractivity contribution is 14.1. The van der Waals surface area contributed by atoms with Gasteiger partial charge >= 0.3 is 0 Å². The van der Waals surface area contributed by atoms with Gasteiger partial charge in [-0.15, -0.1) is 0 Å². The van der Waals surface area contributed by atoms with Gasteiger partial charge in [-0.3, -0.25) is 0 Å². The third-order valence-corrected chi connectivity index (χ3v) is 9.11. The van der Waals surface area contributed by atoms with E-state index in [9.17, 15) is 0 Å². The van der Waals surface area contributed by atoms with Crippen LogP contribution in [0, 0.1) is 11.8 Å². The highest BCUT2D eigenvalue weighted by Crippen LogP contribution is 2.52. The first-order chi connectivity index (χ1) is 14.8. The van der Waals surface area contributed by atoms with Crippen LogP contribution in [0.3, 0.4) is 0 Å². The topological polar surface area (TPSA) is 19.0 Å². The van der Waals surface area contributed by atoms with Crippen LogP contribution in [0.25, 0.3) is 0 Å². The van der Waals surface area contributed by atoms with Gasteiger partial charge in [-0.1, -0.05) is 60.7 Å². The van der Waals surface area contributed by atoms with Gasteiger partial charge in [-0.25, -0.2) is 3.11 Å². The highest BCUT2D eigenvalue weighted by atomic mass is 127. The summed E-state index contributed by atoms with van der Waals surface area (Å²) < 4.78 is 8.96. The molecule has 8 unspecified atom stereocenters. The van der Waals surface area contributed by atoms with Crippen LogP contribution in [-0.4, -0.2) is 39.7 Å². The molecule has 0 spiro atoms. The van der Waals surface area contributed by atoms with E-state index in [1.807, 2.05) is 0 Å². The molecule has 0 aromatic heterocycles. The van der Waals surface area contributed by atoms with Crippen LogP contribution in [0.4, 0.5) is 11.4 Å². The van der Waals surface area contributed by atoms with E-state index in [2.05, 4.69) is 109 Å². The molecule has 30 heavy (non-hydrogen) atoms. The average Bonchev–Trinajstić information content (AvgIpc) is 3.42. The van der Waals surface area contributed by atoms with Crippen molar-refractivity contribution in [2.75, 3.05) is 9.80 Å². The zero-order valence-electron chi connectivity index (χ0n) is 16.8. The minimum Gasteiger partial charge on any atom is -0.366 e. The van der Waals surface area contributed by atoms with E-state index in [1.165, 1.54) is 24.2 Å². The number of halogens is 1. The van der Waals surface area contributed by atoms with E-state index >= 15 is 0 Å². The number of rotatable bonds is 1. The summed E-state index contributed by atoms with van der Waals surface area (Å²) in [5, 5.41) is 0. The van der Waals surface area contributed by atoms with Gasteiger partial charge in [0.25, 0.3) is 0 Å². The second-order valence-electron chi connectivity index (χ2n) is 9.32. The lowest BCUT2D eigenvalue weighted by Crippen LogP contribution is -2.52. The van der Waals surface area contributed by atoms with E-state index in [1.54, 1.807) is 0 Å². The normalized spacial score (nSPS) is 42.8. The number of fused-ring (bicyclic) bond motifs is 8. The number of allylic oxidation sites excluding steroid dienone is 3. The van der Waals surface area contributed by atoms with Gasteiger partial charge in [0.05, 0.1) is 35.7 Å². The van der Waals surface area contributed by atoms with E-state index in [0.29, 0.717) is 30.0 Å². The van der Waals surface area contributed by atoms with Gasteiger partial charge in [-0.2, -0.15) is 0 Å². The summed E-state index contributed by atoms with van der Waals surface area (Å²) in [6.45, 7) is 0. The van der Waals surface area contributed by atoms with Gasteiger partial charge in [0.2, 0.25) is 0 Å². The summed E-state index contributed by atoms with van der Waals surface area (Å²) in [5.74, 6) is 1.06. The fourth-order valence-electron chi connectivity index (χ4n) is 6.61. The predicted molar refractivity (Wildman–Crippen MR) is 128 cm³/mol. The number of hydrogen-bond acceptors (Lipinski definition) is 4. The molecule has 154 valence electrons. The summed E-state index contributed by atoms with van der Waals surface area (Å²) in [4.78, 5) is 5.36. The molecule has 0 N–H and O–H groups in total. The Labute approximate surface area is 192 Å². The van der Waals surface area contributed by atoms with Crippen molar-refractivity contribution in [2.24, 2.45) is 11.8 Å². The third kappa shape index (κ3) is 2.40. The zero-order chi connectivity index (χ0) is 19.8. The molecule has 3 heterocycles. The van der Waals surface area contributed by atoms with Crippen molar-refractivity contribution in [1.82, 2.24) is 3.11 Å². The van der Waals surface area contributed by atoms with Crippen molar-refractivity contribution >= 4 is 34.2 Å². The number of hydrogen-bond donors (Lipinski definition) is 0. The van der Waals surface area contributed by atoms with Gasteiger partial charge < -0.3 is 14.5 Å². The lowest BCUT2D eigenvalue weighted by molar-refractivity contribution is 0.0811. The summed E-state index contributed by atoms with van der Waals surface area (Å²) >= 11 is 2.60. The second-order valence-corrected chi connectivity index (χ2v) is 10.4. The lowest BCUT2D eigenvalue weighted by Gasteiger charge is -2.40. The zero-order valence-corrected chi connectivity index (χ0v) is 19.0. The SMILES string of the molecule is IN1C2CCC=CC2N2c3ccccc3N(C3C=CC4OC5C=CC=CC5C4C3)C12. The van der Waals surface area contributed by atoms with Crippen molar-refractivity contribution in [3.63, 3.8) is 0 Å². The van der Waals surface area contributed by atoms with E-state index in [4.69, 9.17) is 4.74 Å². The third-order valence-electron chi connectivity index (χ3n) is 7.90. The second kappa shape index (κ2) is 6.71. The van der Waals surface area contributed by atoms with Crippen molar-refractivity contribution in [3.05, 3.63) is 72.9 Å². The molecule has 5 heteroatoms. The quantitative estimate of drug-likeness (QED) is 0.306. The first-order valence-corrected chi connectivity index (χ1v) is 12.2. The van der Waals surface area contributed by atoms with Gasteiger partial charge in [0.15, 0.2) is 6.29 Å². The van der Waals surface area contributed by atoms with Gasteiger partial charge in [-0.05, 0) is 31.4 Å². The molecule has 0 radical (unpaired) electrons. The molecule has 6 aliphatic rings. The highest BCUT2D eigenvalue weighted by Gasteiger charge is 2.55. The minimum atomic E-state index is 0.247. The van der Waals surface area contributed by atoms with Gasteiger partial charge in [0, 0.05) is 40.7 Å². The van der Waals surface area contributed by atoms with Crippen LogP contribution in [-0.2, 0) is 4.74 Å². The van der Waals surface area contributed by atoms with Crippen molar-refractivity contribution in [1.29, 1.82) is 0 Å². The summed E-state index contributed by atoms with van der Waals surface area (Å²) in [6, 6.07) is 10.5. The largest absolute Gasteiger partial charge is 0.366 e. The number of ether oxygens (including phenoxy) is 1. The van der Waals surface area contributed by atoms with E-state index in [-0.39, 0.29) is 18.5 Å². The Balaban J connectivity index is 1.27. The van der Waals surface area contributed by atoms with Crippen molar-refractivity contribution < 1.29 is 4.74 Å². The molecule has 4 nitrogen and oxygen atoms in total. The standard InChI is InChI=1S/C25H26IN3O/c26-29-22-11-5-4-10-21(22)28-20-9-3-2-8-19(20)27(25(28)29)16-13-14-24-18(15-16)17-7-1-6-12-23(17)30-24/h1-4,6-10,12-14,16-18,21-25H,5,11,15H2. The number of anilines is 2. The Morgan fingerprint density at radius 1 is 0.900 bits per heavy atom. The summed E-state index contributed by atoms with van der Waals surface area (Å²) in [5.41, 5.74) is 2.77. The molecule has 7 rings (SSSR count). The number of benzene rings is 1. The van der Waals surface area contributed by atoms with Crippen LogP contribution in [0.5, 0.6) is 0 Å². The average molecular weight is 511 g/mol. The van der Waals surface area contributed by atoms with E-state index in [0.717, 1.165) is 6.42 Å². The number of para-hydroxylation sites is 2. The molecular weight excluding hydrogens is 485 g/mol. The molecule has 1 aromatic carbocycles. The summed E-state index contributed by atoms with van der Waals surface area (Å²) in [6.07, 6.45) is 22.9. The smallest absolute Gasteiger partial charge is 0.170 e. The molecule has 3 aliphatic carbocycles. The molecule has 8 atom stereocenters. The molecule has 0 amide bonds. The maximum atomic E-state index is 6.36. The summed E-state index contributed by atoms with van der Waals surface area (Å²) in [7, 11) is 0. The Kier molecular flexibility index (Phi) is 4.04. The van der Waals surface area contributed by atoms with Crippen LogP contribution in [0.1, 0.15) is 19.3 Å². The van der Waals surface area contributed by atoms with E-state index < -0.39 is 0 Å². The fraction of sp³-hybridized carbons (Fsp3) is 0.440. The van der Waals surface area contributed by atoms with Crippen LogP contribution in [0.2, 0.25) is 0 Å². The maximum Gasteiger partial charge on any atom is 0.170 e. The van der Waals surface area contributed by atoms with Crippen molar-refractivity contribution in [3.8, 4) is 0 Å². The Morgan fingerprint density at radius 3 is 2.63 bits per heavy atom. The Hall–Kier alpha value is -1.57. The first-order valence-electron chi connectivity index (χ1n) is 11.3. The molecule has 1 aromatic rings. The molecule has 3 aliphatic heterocycles. The lowest BCUT2D eigenvalue weighted by atomic mass is 9.78. The fourth-order valence-corrected chi connectivity index (χ4v) is 7.76. The number of nitrogens with zero attached hydrogens (tertiary/aromatic N) is 3. The van der Waals surface area contributed by atoms with Gasteiger partial charge in [0.1, 0.15) is 0 Å². The molecular formula is C25H26IN3O. The Morgan fingerprint density at radius 2 is 1.73 bits per heavy atom. The molecule has 2 fully saturated rings. The first kappa shape index (κ1) is 18.0. The van der Waals surface area contributed by atoms with Crippen LogP contribution >= 0.6 is 22.9 Å². The minimum absolute atomic E-state index is 0.247. The maximum absolute atomic E-state index is 6.36.